The summed E-state index contributed by atoms with van der Waals surface area (Å²) in [6.07, 6.45) is 50.1. The van der Waals surface area contributed by atoms with E-state index in [-0.39, 0.29) is 19.4 Å². The number of ether oxygens (including phenoxy) is 2. The van der Waals surface area contributed by atoms with Crippen molar-refractivity contribution in [3.8, 4) is 0 Å². The molecule has 322 valence electrons. The molecule has 0 aliphatic heterocycles. The third kappa shape index (κ3) is 44.8. The first-order chi connectivity index (χ1) is 26.8. The number of esters is 2. The topological polar surface area (TPSA) is 119 Å². The van der Waals surface area contributed by atoms with E-state index in [0.717, 1.165) is 64.2 Å². The van der Waals surface area contributed by atoms with Crippen LogP contribution in [0.2, 0.25) is 0 Å². The number of carbonyl (C=O) groups excluding carboxylic acids is 2. The lowest BCUT2D eigenvalue weighted by Gasteiger charge is -2.18. The average Bonchev–Trinajstić information content (AvgIpc) is 3.16. The van der Waals surface area contributed by atoms with Crippen LogP contribution in [0.3, 0.4) is 0 Å². The van der Waals surface area contributed by atoms with Crippen molar-refractivity contribution in [1.82, 2.24) is 0 Å². The maximum atomic E-state index is 12.4. The molecule has 2 N–H and O–H groups in total. The minimum Gasteiger partial charge on any atom is -0.462 e. The quantitative estimate of drug-likeness (QED) is 0.0271. The van der Waals surface area contributed by atoms with E-state index >= 15 is 0 Å². The standard InChI is InChI=1S/C46H85O8P/c1-3-5-7-9-11-13-15-17-19-21-22-23-24-25-27-29-31-33-35-37-39-41-46(48)54-44(43-53-55(49,50)51)42-52-45(47)40-38-36-34-32-30-28-26-20-18-16-14-12-10-8-6-4-2/h15,17,20-22,26,44H,3-14,16,18-19,23-25,27-43H2,1-2H3,(H2,49,50,51)/b17-15-,22-21-,26-20-. The summed E-state index contributed by atoms with van der Waals surface area (Å²) in [5.74, 6) is -0.893. The van der Waals surface area contributed by atoms with Crippen LogP contribution in [0.25, 0.3) is 0 Å². The molecule has 0 rings (SSSR count). The second-order valence-corrected chi connectivity index (χ2v) is 16.6. The molecule has 0 saturated heterocycles. The molecule has 8 nitrogen and oxygen atoms in total. The lowest BCUT2D eigenvalue weighted by molar-refractivity contribution is -0.161. The molecule has 0 aliphatic rings. The highest BCUT2D eigenvalue weighted by Gasteiger charge is 2.22. The maximum absolute atomic E-state index is 12.4. The van der Waals surface area contributed by atoms with Gasteiger partial charge in [0, 0.05) is 12.8 Å². The molecule has 0 aromatic heterocycles. The van der Waals surface area contributed by atoms with Crippen molar-refractivity contribution in [3.63, 3.8) is 0 Å². The second kappa shape index (κ2) is 41.9. The minimum atomic E-state index is -4.76. The number of unbranched alkanes of at least 4 members (excludes halogenated alkanes) is 26. The maximum Gasteiger partial charge on any atom is 0.469 e. The molecule has 1 unspecified atom stereocenters. The molecule has 0 aliphatic carbocycles. The number of phosphoric ester groups is 1. The molecule has 1 atom stereocenters. The fraction of sp³-hybridized carbons (Fsp3) is 0.826. The van der Waals surface area contributed by atoms with Gasteiger partial charge in [-0.15, -0.1) is 0 Å². The van der Waals surface area contributed by atoms with Crippen LogP contribution in [0, 0.1) is 0 Å². The Labute approximate surface area is 338 Å². The Morgan fingerprint density at radius 3 is 1.22 bits per heavy atom. The average molecular weight is 797 g/mol. The monoisotopic (exact) mass is 797 g/mol. The number of carbonyl (C=O) groups is 2. The third-order valence-corrected chi connectivity index (χ3v) is 10.4. The van der Waals surface area contributed by atoms with E-state index in [1.54, 1.807) is 0 Å². The van der Waals surface area contributed by atoms with Crippen molar-refractivity contribution in [1.29, 1.82) is 0 Å². The smallest absolute Gasteiger partial charge is 0.462 e. The van der Waals surface area contributed by atoms with Crippen LogP contribution < -0.4 is 0 Å². The zero-order valence-electron chi connectivity index (χ0n) is 35.6. The summed E-state index contributed by atoms with van der Waals surface area (Å²) >= 11 is 0. The highest BCUT2D eigenvalue weighted by atomic mass is 31.2. The van der Waals surface area contributed by atoms with Crippen molar-refractivity contribution in [2.24, 2.45) is 0 Å². The molecular formula is C46H85O8P. The van der Waals surface area contributed by atoms with Gasteiger partial charge in [0.15, 0.2) is 6.10 Å². The highest BCUT2D eigenvalue weighted by Crippen LogP contribution is 2.36. The fourth-order valence-electron chi connectivity index (χ4n) is 6.46. The van der Waals surface area contributed by atoms with E-state index in [0.29, 0.717) is 12.8 Å². The number of allylic oxidation sites excluding steroid dienone is 6. The number of hydrogen-bond donors (Lipinski definition) is 2. The van der Waals surface area contributed by atoms with E-state index in [9.17, 15) is 14.2 Å². The Hall–Kier alpha value is -1.73. The van der Waals surface area contributed by atoms with E-state index < -0.39 is 32.5 Å². The summed E-state index contributed by atoms with van der Waals surface area (Å²) in [6.45, 7) is 3.68. The molecule has 9 heteroatoms. The van der Waals surface area contributed by atoms with E-state index in [2.05, 4.69) is 54.8 Å². The summed E-state index contributed by atoms with van der Waals surface area (Å²) in [4.78, 5) is 42.9. The molecular weight excluding hydrogens is 711 g/mol. The Bertz CT molecular complexity index is 988. The van der Waals surface area contributed by atoms with Crippen LogP contribution in [-0.2, 0) is 28.2 Å². The molecule has 0 fully saturated rings. The summed E-state index contributed by atoms with van der Waals surface area (Å²) < 4.78 is 26.4. The van der Waals surface area contributed by atoms with Gasteiger partial charge in [0.2, 0.25) is 0 Å². The van der Waals surface area contributed by atoms with Crippen molar-refractivity contribution in [2.75, 3.05) is 13.2 Å². The summed E-state index contributed by atoms with van der Waals surface area (Å²) in [5.41, 5.74) is 0. The Morgan fingerprint density at radius 1 is 0.473 bits per heavy atom. The van der Waals surface area contributed by atoms with Crippen molar-refractivity contribution >= 4 is 19.8 Å². The van der Waals surface area contributed by atoms with Gasteiger partial charge < -0.3 is 19.3 Å². The van der Waals surface area contributed by atoms with Crippen molar-refractivity contribution < 1.29 is 37.9 Å². The number of hydrogen-bond acceptors (Lipinski definition) is 6. The van der Waals surface area contributed by atoms with Gasteiger partial charge in [-0.25, -0.2) is 4.57 Å². The van der Waals surface area contributed by atoms with Crippen LogP contribution >= 0.6 is 7.82 Å². The van der Waals surface area contributed by atoms with Gasteiger partial charge in [0.05, 0.1) is 6.61 Å². The lowest BCUT2D eigenvalue weighted by Crippen LogP contribution is -2.29. The summed E-state index contributed by atoms with van der Waals surface area (Å²) in [5, 5.41) is 0. The predicted molar refractivity (Wildman–Crippen MR) is 230 cm³/mol. The first-order valence-corrected chi connectivity index (χ1v) is 24.3. The second-order valence-electron chi connectivity index (χ2n) is 15.4. The van der Waals surface area contributed by atoms with Crippen molar-refractivity contribution in [3.05, 3.63) is 36.5 Å². The predicted octanol–water partition coefficient (Wildman–Crippen LogP) is 14.1. The minimum absolute atomic E-state index is 0.206. The molecule has 0 aromatic rings. The van der Waals surface area contributed by atoms with Crippen LogP contribution in [0.4, 0.5) is 0 Å². The zero-order valence-corrected chi connectivity index (χ0v) is 36.5. The first-order valence-electron chi connectivity index (χ1n) is 22.8. The van der Waals surface area contributed by atoms with E-state index in [1.807, 2.05) is 0 Å². The SMILES string of the molecule is CCCCCCC/C=C\C/C=C\CCCCCCCCCCCC(=O)OC(COC(=O)CCCCCCC/C=C\CCCCCCCCC)COP(=O)(O)O. The lowest BCUT2D eigenvalue weighted by atomic mass is 10.1. The van der Waals surface area contributed by atoms with Gasteiger partial charge in [-0.05, 0) is 70.6 Å². The fourth-order valence-corrected chi connectivity index (χ4v) is 6.82. The van der Waals surface area contributed by atoms with Gasteiger partial charge in [-0.2, -0.15) is 0 Å². The molecule has 0 saturated carbocycles. The Balaban J connectivity index is 3.89. The summed E-state index contributed by atoms with van der Waals surface area (Å²) in [7, 11) is -4.76. The summed E-state index contributed by atoms with van der Waals surface area (Å²) in [6, 6.07) is 0. The van der Waals surface area contributed by atoms with Crippen LogP contribution in [0.15, 0.2) is 36.5 Å². The number of rotatable bonds is 42. The largest absolute Gasteiger partial charge is 0.469 e. The van der Waals surface area contributed by atoms with Crippen LogP contribution in [0.5, 0.6) is 0 Å². The van der Waals surface area contributed by atoms with E-state index in [1.165, 1.54) is 122 Å². The molecule has 0 spiro atoms. The van der Waals surface area contributed by atoms with E-state index in [4.69, 9.17) is 19.3 Å². The van der Waals surface area contributed by atoms with Crippen LogP contribution in [-0.4, -0.2) is 41.0 Å². The number of phosphoric acid groups is 1. The first kappa shape index (κ1) is 53.3. The highest BCUT2D eigenvalue weighted by molar-refractivity contribution is 7.46. The zero-order chi connectivity index (χ0) is 40.3. The van der Waals surface area contributed by atoms with Crippen LogP contribution in [0.1, 0.15) is 226 Å². The van der Waals surface area contributed by atoms with Gasteiger partial charge in [0.25, 0.3) is 0 Å². The molecule has 0 aromatic carbocycles. The third-order valence-electron chi connectivity index (χ3n) is 9.88. The van der Waals surface area contributed by atoms with Gasteiger partial charge in [0.1, 0.15) is 6.61 Å². The normalized spacial score (nSPS) is 12.7. The van der Waals surface area contributed by atoms with Crippen molar-refractivity contribution in [2.45, 2.75) is 232 Å². The molecule has 0 amide bonds. The Kier molecular flexibility index (Phi) is 40.6. The van der Waals surface area contributed by atoms with Gasteiger partial charge >= 0.3 is 19.8 Å². The molecule has 0 radical (unpaired) electrons. The van der Waals surface area contributed by atoms with Gasteiger partial charge in [-0.1, -0.05) is 179 Å². The molecule has 55 heavy (non-hydrogen) atoms. The molecule has 0 heterocycles. The van der Waals surface area contributed by atoms with Gasteiger partial charge in [-0.3, -0.25) is 14.1 Å². The Morgan fingerprint density at radius 2 is 0.818 bits per heavy atom. The molecule has 0 bridgehead atoms.